The Labute approximate surface area is 179 Å². The molecule has 0 bridgehead atoms. The van der Waals surface area contributed by atoms with Crippen molar-refractivity contribution in [3.05, 3.63) is 34.3 Å². The first-order valence-electron chi connectivity index (χ1n) is 9.53. The molecule has 1 aliphatic rings. The van der Waals surface area contributed by atoms with Crippen LogP contribution in [0.4, 0.5) is 0 Å². The van der Waals surface area contributed by atoms with Crippen LogP contribution >= 0.6 is 0 Å². The number of oxazole rings is 1. The van der Waals surface area contributed by atoms with Crippen LogP contribution in [0.2, 0.25) is 0 Å². The molecule has 0 spiro atoms. The van der Waals surface area contributed by atoms with Crippen LogP contribution in [0, 0.1) is 29.6 Å². The van der Waals surface area contributed by atoms with E-state index in [4.69, 9.17) is 9.62 Å². The van der Waals surface area contributed by atoms with E-state index in [2.05, 4.69) is 28.6 Å². The Morgan fingerprint density at radius 3 is 2.68 bits per heavy atom. The quantitative estimate of drug-likeness (QED) is 0.383. The van der Waals surface area contributed by atoms with Gasteiger partial charge in [0.15, 0.2) is 20.2 Å². The number of rotatable bonds is 5. The number of hydrogen-bond acceptors (Lipinski definition) is 7. The summed E-state index contributed by atoms with van der Waals surface area (Å²) in [5.41, 5.74) is 2.74. The van der Waals surface area contributed by atoms with Gasteiger partial charge in [-0.05, 0) is 50.4 Å². The summed E-state index contributed by atoms with van der Waals surface area (Å²) in [6.07, 6.45) is 0.663. The molecule has 1 aliphatic heterocycles. The number of hydrogen-bond donors (Lipinski definition) is 2. The fourth-order valence-corrected chi connectivity index (χ4v) is 4.14. The molecule has 2 aromatic rings. The van der Waals surface area contributed by atoms with Crippen molar-refractivity contribution in [1.82, 2.24) is 14.9 Å². The molecular formula is C21H23N3O6S. The van der Waals surface area contributed by atoms with Crippen LogP contribution in [0.15, 0.2) is 27.4 Å². The number of amides is 1. The molecule has 1 amide bonds. The predicted molar refractivity (Wildman–Crippen MR) is 114 cm³/mol. The van der Waals surface area contributed by atoms with Gasteiger partial charge in [0, 0.05) is 37.4 Å². The van der Waals surface area contributed by atoms with Crippen LogP contribution in [-0.4, -0.2) is 60.1 Å². The van der Waals surface area contributed by atoms with Gasteiger partial charge in [0.05, 0.1) is 5.52 Å². The third-order valence-corrected chi connectivity index (χ3v) is 7.52. The van der Waals surface area contributed by atoms with Crippen LogP contribution in [0.3, 0.4) is 0 Å². The molecule has 31 heavy (non-hydrogen) atoms. The lowest BCUT2D eigenvalue weighted by atomic mass is 10.0. The Hall–Kier alpha value is -3.05. The summed E-state index contributed by atoms with van der Waals surface area (Å²) in [5.74, 6) is 10.2. The minimum atomic E-state index is -3.87. The molecule has 164 valence electrons. The van der Waals surface area contributed by atoms with Crippen molar-refractivity contribution in [2.45, 2.75) is 24.6 Å². The Kier molecular flexibility index (Phi) is 6.27. The van der Waals surface area contributed by atoms with E-state index in [1.807, 2.05) is 7.05 Å². The zero-order chi connectivity index (χ0) is 22.8. The number of nitrogens with zero attached hydrogens (tertiary/aromatic N) is 2. The first kappa shape index (κ1) is 22.6. The van der Waals surface area contributed by atoms with Gasteiger partial charge < -0.3 is 9.32 Å². The summed E-state index contributed by atoms with van der Waals surface area (Å²) in [7, 11) is -1.84. The summed E-state index contributed by atoms with van der Waals surface area (Å²) in [6.45, 7) is 2.97. The molecule has 0 unspecified atom stereocenters. The van der Waals surface area contributed by atoms with Crippen LogP contribution < -0.4 is 11.2 Å². The van der Waals surface area contributed by atoms with Crippen molar-refractivity contribution < 1.29 is 22.8 Å². The monoisotopic (exact) mass is 445 g/mol. The third kappa shape index (κ3) is 4.67. The van der Waals surface area contributed by atoms with Crippen LogP contribution in [-0.2, 0) is 21.2 Å². The normalized spacial score (nSPS) is 16.4. The van der Waals surface area contributed by atoms with Gasteiger partial charge in [0.1, 0.15) is 0 Å². The standard InChI is InChI=1S/C21H23N3O6S/c1-21(19(25)22-27,31(3,28)29)10-11-24-17-9-8-15(12-18(17)30-20(24)26)6-4-5-7-16-13-23(2)14-16/h8-9,12,16,27H,10-11,13-14H2,1-3H3,(H,22,25)/t21-/m1/s1. The number of hydroxylamine groups is 1. The van der Waals surface area contributed by atoms with Gasteiger partial charge in [0.25, 0.3) is 5.91 Å². The molecule has 2 N–H and O–H groups in total. The SMILES string of the molecule is CN1CC(C#CC#Cc2ccc3c(c2)oc(=O)n3CC[C@](C)(C(=O)NO)S(C)(=O)=O)C1. The number of sulfone groups is 1. The van der Waals surface area contributed by atoms with E-state index >= 15 is 0 Å². The van der Waals surface area contributed by atoms with E-state index in [1.165, 1.54) is 17.0 Å². The lowest BCUT2D eigenvalue weighted by molar-refractivity contribution is -0.131. The summed E-state index contributed by atoms with van der Waals surface area (Å²) in [4.78, 5) is 26.4. The topological polar surface area (TPSA) is 122 Å². The van der Waals surface area contributed by atoms with E-state index in [0.29, 0.717) is 17.0 Å². The first-order chi connectivity index (χ1) is 14.5. The van der Waals surface area contributed by atoms with Gasteiger partial charge in [-0.2, -0.15) is 0 Å². The Morgan fingerprint density at radius 2 is 2.06 bits per heavy atom. The number of carbonyl (C=O) groups is 1. The molecule has 1 fully saturated rings. The molecule has 0 radical (unpaired) electrons. The van der Waals surface area contributed by atoms with E-state index < -0.39 is 26.2 Å². The molecule has 3 rings (SSSR count). The molecule has 1 aromatic heterocycles. The molecular weight excluding hydrogens is 422 g/mol. The van der Waals surface area contributed by atoms with E-state index in [-0.39, 0.29) is 18.5 Å². The van der Waals surface area contributed by atoms with Gasteiger partial charge >= 0.3 is 5.76 Å². The fraction of sp³-hybridized carbons (Fsp3) is 0.429. The van der Waals surface area contributed by atoms with E-state index in [1.54, 1.807) is 18.2 Å². The number of aryl methyl sites for hydroxylation is 1. The molecule has 2 heterocycles. The minimum absolute atomic E-state index is 0.102. The summed E-state index contributed by atoms with van der Waals surface area (Å²) in [6, 6.07) is 4.95. The number of benzene rings is 1. The van der Waals surface area contributed by atoms with Crippen LogP contribution in [0.5, 0.6) is 0 Å². The zero-order valence-electron chi connectivity index (χ0n) is 17.4. The first-order valence-corrected chi connectivity index (χ1v) is 11.4. The Bertz CT molecular complexity index is 1300. The largest absolute Gasteiger partial charge is 0.419 e. The Balaban J connectivity index is 1.81. The molecule has 0 aliphatic carbocycles. The smallest absolute Gasteiger partial charge is 0.408 e. The van der Waals surface area contributed by atoms with Crippen molar-refractivity contribution in [2.24, 2.45) is 5.92 Å². The van der Waals surface area contributed by atoms with Gasteiger partial charge in [-0.3, -0.25) is 14.6 Å². The highest BCUT2D eigenvalue weighted by Gasteiger charge is 2.43. The molecule has 1 saturated heterocycles. The third-order valence-electron chi connectivity index (χ3n) is 5.49. The fourth-order valence-electron chi connectivity index (χ4n) is 3.30. The molecule has 10 heteroatoms. The number of fused-ring (bicyclic) bond motifs is 1. The summed E-state index contributed by atoms with van der Waals surface area (Å²) >= 11 is 0. The molecule has 9 nitrogen and oxygen atoms in total. The predicted octanol–water partition coefficient (Wildman–Crippen LogP) is 0.210. The highest BCUT2D eigenvalue weighted by atomic mass is 32.2. The maximum Gasteiger partial charge on any atom is 0.419 e. The molecule has 1 aromatic carbocycles. The lowest BCUT2D eigenvalue weighted by Gasteiger charge is -2.32. The van der Waals surface area contributed by atoms with Crippen molar-refractivity contribution in [2.75, 3.05) is 26.4 Å². The van der Waals surface area contributed by atoms with Crippen molar-refractivity contribution in [1.29, 1.82) is 0 Å². The second kappa shape index (κ2) is 8.60. The number of nitrogens with one attached hydrogen (secondary N) is 1. The second-order valence-electron chi connectivity index (χ2n) is 7.83. The molecule has 1 atom stereocenters. The van der Waals surface area contributed by atoms with Crippen LogP contribution in [0.25, 0.3) is 11.1 Å². The maximum absolute atomic E-state index is 12.3. The number of carbonyl (C=O) groups excluding carboxylic acids is 1. The summed E-state index contributed by atoms with van der Waals surface area (Å²) in [5, 5.41) is 8.92. The lowest BCUT2D eigenvalue weighted by Crippen LogP contribution is -2.49. The summed E-state index contributed by atoms with van der Waals surface area (Å²) < 4.78 is 28.8. The van der Waals surface area contributed by atoms with Gasteiger partial charge in [0.2, 0.25) is 0 Å². The Morgan fingerprint density at radius 1 is 1.35 bits per heavy atom. The highest BCUT2D eigenvalue weighted by molar-refractivity contribution is 7.92. The number of aromatic nitrogens is 1. The van der Waals surface area contributed by atoms with Crippen molar-refractivity contribution in [3.8, 4) is 23.7 Å². The minimum Gasteiger partial charge on any atom is -0.408 e. The average Bonchev–Trinajstić information content (AvgIpc) is 3.00. The second-order valence-corrected chi connectivity index (χ2v) is 10.3. The molecule has 0 saturated carbocycles. The maximum atomic E-state index is 12.3. The van der Waals surface area contributed by atoms with E-state index in [0.717, 1.165) is 19.3 Å². The zero-order valence-corrected chi connectivity index (χ0v) is 18.2. The van der Waals surface area contributed by atoms with E-state index in [9.17, 15) is 18.0 Å². The van der Waals surface area contributed by atoms with Crippen LogP contribution in [0.1, 0.15) is 18.9 Å². The van der Waals surface area contributed by atoms with Gasteiger partial charge in [-0.1, -0.05) is 11.8 Å². The number of likely N-dealkylation sites (tertiary alicyclic amines) is 1. The van der Waals surface area contributed by atoms with Gasteiger partial charge in [-0.25, -0.2) is 18.7 Å². The highest BCUT2D eigenvalue weighted by Crippen LogP contribution is 2.23. The van der Waals surface area contributed by atoms with Gasteiger partial charge in [-0.15, -0.1) is 0 Å². The van der Waals surface area contributed by atoms with Crippen molar-refractivity contribution >= 4 is 26.8 Å². The van der Waals surface area contributed by atoms with Crippen molar-refractivity contribution in [3.63, 3.8) is 0 Å². The average molecular weight is 445 g/mol.